The topological polar surface area (TPSA) is 50.5 Å². The van der Waals surface area contributed by atoms with Crippen LogP contribution in [0.3, 0.4) is 0 Å². The minimum absolute atomic E-state index is 0. The largest absolute Gasteiger partial charge is 1.00 e. The lowest BCUT2D eigenvalue weighted by Gasteiger charge is -2.25. The normalized spacial score (nSPS) is 14.4. The standard InChI is InChI=1S/C30H31N2O3S2.HI/c1-2-32-27(14-12-26-5-3-4-6-30(26)32)13-7-24-8-15-28(16-9-24)35-23-25-10-17-29(18-11-25)37(33,34)31-19-21-36-22-20-31;/h3-18H,2,19-23H2,1H3;1H/q+1;/p-1/b13-7+;. The Morgan fingerprint density at radius 2 is 1.61 bits per heavy atom. The van der Waals surface area contributed by atoms with Crippen LogP contribution in [-0.4, -0.2) is 37.3 Å². The van der Waals surface area contributed by atoms with Crippen molar-refractivity contribution in [3.05, 3.63) is 102 Å². The molecule has 1 saturated heterocycles. The van der Waals surface area contributed by atoms with Gasteiger partial charge in [0, 0.05) is 48.2 Å². The van der Waals surface area contributed by atoms with E-state index in [-0.39, 0.29) is 24.0 Å². The smallest absolute Gasteiger partial charge is 0.243 e. The van der Waals surface area contributed by atoms with Crippen molar-refractivity contribution in [3.8, 4) is 5.75 Å². The second-order valence-corrected chi connectivity index (χ2v) is 12.1. The molecule has 0 unspecified atom stereocenters. The maximum absolute atomic E-state index is 12.8. The second-order valence-electron chi connectivity index (χ2n) is 8.91. The minimum Gasteiger partial charge on any atom is -1.00 e. The number of para-hydroxylation sites is 1. The summed E-state index contributed by atoms with van der Waals surface area (Å²) in [5.41, 5.74) is 4.41. The zero-order valence-corrected chi connectivity index (χ0v) is 25.1. The summed E-state index contributed by atoms with van der Waals surface area (Å²) in [5.74, 6) is 2.47. The van der Waals surface area contributed by atoms with E-state index < -0.39 is 10.0 Å². The van der Waals surface area contributed by atoms with Crippen molar-refractivity contribution in [3.63, 3.8) is 0 Å². The summed E-state index contributed by atoms with van der Waals surface area (Å²) in [4.78, 5) is 0.343. The summed E-state index contributed by atoms with van der Waals surface area (Å²) in [6.07, 6.45) is 4.25. The van der Waals surface area contributed by atoms with Crippen LogP contribution in [0.25, 0.3) is 23.1 Å². The predicted octanol–water partition coefficient (Wildman–Crippen LogP) is 2.64. The molecule has 0 atom stereocenters. The monoisotopic (exact) mass is 658 g/mol. The van der Waals surface area contributed by atoms with Crippen LogP contribution in [0.15, 0.2) is 89.8 Å². The molecule has 2 heterocycles. The van der Waals surface area contributed by atoms with Crippen LogP contribution in [0.4, 0.5) is 0 Å². The predicted molar refractivity (Wildman–Crippen MR) is 152 cm³/mol. The van der Waals surface area contributed by atoms with Gasteiger partial charge in [-0.3, -0.25) is 0 Å². The van der Waals surface area contributed by atoms with E-state index in [1.54, 1.807) is 28.2 Å². The van der Waals surface area contributed by atoms with Crippen molar-refractivity contribution in [1.82, 2.24) is 4.31 Å². The summed E-state index contributed by atoms with van der Waals surface area (Å²) in [6, 6.07) is 27.8. The van der Waals surface area contributed by atoms with E-state index in [4.69, 9.17) is 4.74 Å². The van der Waals surface area contributed by atoms with Gasteiger partial charge in [-0.2, -0.15) is 20.6 Å². The highest BCUT2D eigenvalue weighted by Crippen LogP contribution is 2.22. The van der Waals surface area contributed by atoms with Gasteiger partial charge in [0.2, 0.25) is 21.2 Å². The zero-order valence-electron chi connectivity index (χ0n) is 21.3. The molecular formula is C30H31IN2O3S2. The first-order chi connectivity index (χ1) is 18.0. The first-order valence-electron chi connectivity index (χ1n) is 12.5. The van der Waals surface area contributed by atoms with Crippen molar-refractivity contribution in [2.45, 2.75) is 25.0 Å². The maximum atomic E-state index is 12.8. The molecule has 0 N–H and O–H groups in total. The molecule has 5 nitrogen and oxygen atoms in total. The molecular weight excluding hydrogens is 627 g/mol. The van der Waals surface area contributed by atoms with E-state index in [0.29, 0.717) is 24.6 Å². The van der Waals surface area contributed by atoms with Gasteiger partial charge in [0.15, 0.2) is 0 Å². The van der Waals surface area contributed by atoms with Crippen molar-refractivity contribution in [2.24, 2.45) is 0 Å². The lowest BCUT2D eigenvalue weighted by atomic mass is 10.1. The molecule has 0 spiro atoms. The average Bonchev–Trinajstić information content (AvgIpc) is 2.96. The van der Waals surface area contributed by atoms with E-state index in [1.807, 2.05) is 36.4 Å². The molecule has 4 aromatic rings. The second kappa shape index (κ2) is 13.1. The SMILES string of the molecule is CC[n+]1c(/C=C/c2ccc(OCc3ccc(S(=O)(=O)N4CCSCC4)cc3)cc2)ccc2ccccc21.[I-]. The third-order valence-corrected chi connectivity index (χ3v) is 9.41. The molecule has 0 amide bonds. The van der Waals surface area contributed by atoms with Crippen molar-refractivity contribution in [2.75, 3.05) is 24.6 Å². The molecule has 38 heavy (non-hydrogen) atoms. The number of rotatable bonds is 8. The quantitative estimate of drug-likeness (QED) is 0.216. The lowest BCUT2D eigenvalue weighted by molar-refractivity contribution is -0.669. The minimum atomic E-state index is -3.42. The van der Waals surface area contributed by atoms with Crippen LogP contribution in [0.2, 0.25) is 0 Å². The molecule has 1 fully saturated rings. The Morgan fingerprint density at radius 3 is 2.32 bits per heavy atom. The summed E-state index contributed by atoms with van der Waals surface area (Å²) in [7, 11) is -3.42. The average molecular weight is 659 g/mol. The Hall–Kier alpha value is -2.40. The van der Waals surface area contributed by atoms with Gasteiger partial charge in [-0.1, -0.05) is 36.4 Å². The van der Waals surface area contributed by atoms with Crippen molar-refractivity contribution >= 4 is 44.8 Å². The molecule has 8 heteroatoms. The summed E-state index contributed by atoms with van der Waals surface area (Å²) < 4.78 is 35.5. The number of pyridine rings is 1. The summed E-state index contributed by atoms with van der Waals surface area (Å²) in [5, 5.41) is 1.24. The zero-order chi connectivity index (χ0) is 25.7. The fourth-order valence-corrected chi connectivity index (χ4v) is 7.07. The first-order valence-corrected chi connectivity index (χ1v) is 15.1. The van der Waals surface area contributed by atoms with Gasteiger partial charge in [-0.25, -0.2) is 8.42 Å². The van der Waals surface area contributed by atoms with Gasteiger partial charge in [-0.05, 0) is 60.5 Å². The van der Waals surface area contributed by atoms with Crippen LogP contribution >= 0.6 is 11.8 Å². The third-order valence-electron chi connectivity index (χ3n) is 6.55. The van der Waals surface area contributed by atoms with Crippen LogP contribution in [0, 0.1) is 0 Å². The van der Waals surface area contributed by atoms with Gasteiger partial charge >= 0.3 is 0 Å². The Morgan fingerprint density at radius 1 is 0.895 bits per heavy atom. The van der Waals surface area contributed by atoms with Gasteiger partial charge in [-0.15, -0.1) is 0 Å². The van der Waals surface area contributed by atoms with E-state index in [0.717, 1.165) is 40.6 Å². The number of sulfonamides is 1. The van der Waals surface area contributed by atoms with Crippen LogP contribution in [0.1, 0.15) is 23.7 Å². The highest BCUT2D eigenvalue weighted by atomic mass is 127. The van der Waals surface area contributed by atoms with Crippen molar-refractivity contribution in [1.29, 1.82) is 0 Å². The molecule has 198 valence electrons. The molecule has 1 aliphatic heterocycles. The van der Waals surface area contributed by atoms with E-state index >= 15 is 0 Å². The number of nitrogens with zero attached hydrogens (tertiary/aromatic N) is 2. The first kappa shape index (κ1) is 28.6. The lowest BCUT2D eigenvalue weighted by Crippen LogP contribution is -3.00. The molecule has 1 aliphatic rings. The highest BCUT2D eigenvalue weighted by Gasteiger charge is 2.25. The molecule has 5 rings (SSSR count). The molecule has 0 bridgehead atoms. The summed E-state index contributed by atoms with van der Waals surface area (Å²) >= 11 is 1.79. The third kappa shape index (κ3) is 6.59. The van der Waals surface area contributed by atoms with Crippen molar-refractivity contribution < 1.29 is 41.7 Å². The number of thioether (sulfide) groups is 1. The number of fused-ring (bicyclic) bond motifs is 1. The Kier molecular flexibility index (Phi) is 9.86. The summed E-state index contributed by atoms with van der Waals surface area (Å²) in [6.45, 7) is 4.59. The van der Waals surface area contributed by atoms with Crippen LogP contribution < -0.4 is 33.3 Å². The van der Waals surface area contributed by atoms with Crippen LogP contribution in [-0.2, 0) is 23.2 Å². The highest BCUT2D eigenvalue weighted by molar-refractivity contribution is 7.99. The number of ether oxygens (including phenoxy) is 1. The van der Waals surface area contributed by atoms with Gasteiger partial charge in [0.1, 0.15) is 18.9 Å². The molecule has 0 radical (unpaired) electrons. The maximum Gasteiger partial charge on any atom is 0.243 e. The fourth-order valence-electron chi connectivity index (χ4n) is 4.49. The fraction of sp³-hybridized carbons (Fsp3) is 0.233. The molecule has 0 saturated carbocycles. The van der Waals surface area contributed by atoms with E-state index in [2.05, 4.69) is 60.0 Å². The van der Waals surface area contributed by atoms with Gasteiger partial charge in [0.05, 0.1) is 4.90 Å². The number of benzene rings is 3. The van der Waals surface area contributed by atoms with Crippen LogP contribution in [0.5, 0.6) is 5.75 Å². The molecule has 1 aromatic heterocycles. The number of hydrogen-bond donors (Lipinski definition) is 0. The Labute approximate surface area is 246 Å². The Bertz CT molecular complexity index is 1500. The number of halogens is 1. The number of aryl methyl sites for hydroxylation is 1. The number of aromatic nitrogens is 1. The molecule has 0 aliphatic carbocycles. The van der Waals surface area contributed by atoms with Gasteiger partial charge in [0.25, 0.3) is 0 Å². The van der Waals surface area contributed by atoms with E-state index in [1.165, 1.54) is 10.9 Å². The van der Waals surface area contributed by atoms with Gasteiger partial charge < -0.3 is 28.7 Å². The Balaban J connectivity index is 0.00000336. The number of hydrogen-bond acceptors (Lipinski definition) is 4. The van der Waals surface area contributed by atoms with E-state index in [9.17, 15) is 8.42 Å². The molecule has 3 aromatic carbocycles.